The molecule has 2 rings (SSSR count). The molecule has 0 fully saturated rings. The molecular formula is C11H7Br2ClO2. The average molecular weight is 366 g/mol. The topological polar surface area (TPSA) is 33.4 Å². The summed E-state index contributed by atoms with van der Waals surface area (Å²) in [6, 6.07) is 8.82. The maximum atomic E-state index is 10.1. The molecule has 0 aliphatic rings. The van der Waals surface area contributed by atoms with Crippen LogP contribution in [-0.2, 0) is 0 Å². The molecule has 0 saturated heterocycles. The lowest BCUT2D eigenvalue weighted by Crippen LogP contribution is -1.99. The van der Waals surface area contributed by atoms with Gasteiger partial charge in [-0.05, 0) is 41.9 Å². The summed E-state index contributed by atoms with van der Waals surface area (Å²) < 4.78 is 6.88. The number of furan rings is 1. The first-order valence-electron chi connectivity index (χ1n) is 4.46. The lowest BCUT2D eigenvalue weighted by Gasteiger charge is -2.10. The van der Waals surface area contributed by atoms with E-state index < -0.39 is 6.10 Å². The van der Waals surface area contributed by atoms with Crippen LogP contribution in [-0.4, -0.2) is 5.11 Å². The Labute approximate surface area is 114 Å². The molecule has 0 saturated carbocycles. The number of halogens is 3. The predicted octanol–water partition coefficient (Wildman–Crippen LogP) is 4.54. The van der Waals surface area contributed by atoms with Crippen LogP contribution in [0, 0.1) is 0 Å². The molecule has 84 valence electrons. The van der Waals surface area contributed by atoms with Crippen molar-refractivity contribution in [1.82, 2.24) is 0 Å². The third kappa shape index (κ3) is 2.51. The first-order chi connectivity index (χ1) is 7.58. The van der Waals surface area contributed by atoms with E-state index in [1.807, 2.05) is 18.2 Å². The van der Waals surface area contributed by atoms with Crippen molar-refractivity contribution in [2.45, 2.75) is 6.10 Å². The van der Waals surface area contributed by atoms with Crippen molar-refractivity contribution < 1.29 is 9.52 Å². The Kier molecular flexibility index (Phi) is 3.74. The van der Waals surface area contributed by atoms with Crippen LogP contribution in [0.5, 0.6) is 0 Å². The van der Waals surface area contributed by atoms with Gasteiger partial charge in [0.1, 0.15) is 11.9 Å². The molecule has 16 heavy (non-hydrogen) atoms. The Balaban J connectivity index is 2.40. The molecule has 1 aromatic heterocycles. The zero-order chi connectivity index (χ0) is 11.7. The number of hydrogen-bond acceptors (Lipinski definition) is 2. The van der Waals surface area contributed by atoms with E-state index in [4.69, 9.17) is 16.0 Å². The minimum absolute atomic E-state index is 0.264. The van der Waals surface area contributed by atoms with Gasteiger partial charge in [-0.2, -0.15) is 0 Å². The Morgan fingerprint density at radius 3 is 2.56 bits per heavy atom. The summed E-state index contributed by atoms with van der Waals surface area (Å²) in [6.45, 7) is 0. The Hall–Kier alpha value is -0.290. The highest BCUT2D eigenvalue weighted by atomic mass is 79.9. The van der Waals surface area contributed by atoms with Gasteiger partial charge in [-0.15, -0.1) is 0 Å². The number of aliphatic hydroxyl groups is 1. The van der Waals surface area contributed by atoms with Crippen LogP contribution in [0.4, 0.5) is 0 Å². The van der Waals surface area contributed by atoms with Gasteiger partial charge in [0, 0.05) is 14.5 Å². The summed E-state index contributed by atoms with van der Waals surface area (Å²) in [7, 11) is 0. The molecule has 5 heteroatoms. The van der Waals surface area contributed by atoms with Crippen LogP contribution in [0.1, 0.15) is 17.4 Å². The van der Waals surface area contributed by atoms with Crippen LogP contribution in [0.3, 0.4) is 0 Å². The largest absolute Gasteiger partial charge is 0.447 e. The summed E-state index contributed by atoms with van der Waals surface area (Å²) in [5.41, 5.74) is 0.723. The van der Waals surface area contributed by atoms with Gasteiger partial charge in [-0.3, -0.25) is 0 Å². The summed E-state index contributed by atoms with van der Waals surface area (Å²) in [5, 5.41) is 10.4. The molecule has 0 aliphatic heterocycles. The average Bonchev–Trinajstić information content (AvgIpc) is 2.67. The van der Waals surface area contributed by atoms with Crippen molar-refractivity contribution in [1.29, 1.82) is 0 Å². The SMILES string of the molecule is OC(c1ccc(Cl)o1)c1cc(Br)ccc1Br. The molecule has 2 aromatic rings. The van der Waals surface area contributed by atoms with E-state index in [0.717, 1.165) is 14.5 Å². The molecule has 1 aromatic carbocycles. The van der Waals surface area contributed by atoms with Gasteiger partial charge < -0.3 is 9.52 Å². The van der Waals surface area contributed by atoms with Crippen molar-refractivity contribution in [3.63, 3.8) is 0 Å². The van der Waals surface area contributed by atoms with Gasteiger partial charge in [-0.1, -0.05) is 31.9 Å². The van der Waals surface area contributed by atoms with Crippen LogP contribution in [0.15, 0.2) is 43.7 Å². The molecule has 0 amide bonds. The molecule has 0 aliphatic carbocycles. The highest BCUT2D eigenvalue weighted by molar-refractivity contribution is 9.11. The molecule has 1 atom stereocenters. The lowest BCUT2D eigenvalue weighted by molar-refractivity contribution is 0.189. The molecule has 0 spiro atoms. The maximum absolute atomic E-state index is 10.1. The van der Waals surface area contributed by atoms with Crippen LogP contribution in [0.25, 0.3) is 0 Å². The molecule has 0 radical (unpaired) electrons. The Morgan fingerprint density at radius 2 is 1.94 bits per heavy atom. The van der Waals surface area contributed by atoms with E-state index >= 15 is 0 Å². The van der Waals surface area contributed by atoms with Crippen molar-refractivity contribution >= 4 is 43.5 Å². The van der Waals surface area contributed by atoms with Gasteiger partial charge in [0.2, 0.25) is 0 Å². The zero-order valence-corrected chi connectivity index (χ0v) is 11.9. The van der Waals surface area contributed by atoms with E-state index in [-0.39, 0.29) is 5.22 Å². The normalized spacial score (nSPS) is 12.8. The molecular weight excluding hydrogens is 359 g/mol. The fourth-order valence-corrected chi connectivity index (χ4v) is 2.35. The third-order valence-electron chi connectivity index (χ3n) is 2.12. The highest BCUT2D eigenvalue weighted by Crippen LogP contribution is 2.32. The summed E-state index contributed by atoms with van der Waals surface area (Å²) >= 11 is 12.4. The quantitative estimate of drug-likeness (QED) is 0.847. The monoisotopic (exact) mass is 364 g/mol. The first kappa shape index (κ1) is 12.2. The first-order valence-corrected chi connectivity index (χ1v) is 6.42. The van der Waals surface area contributed by atoms with Gasteiger partial charge in [0.05, 0.1) is 0 Å². The second-order valence-corrected chi connectivity index (χ2v) is 5.35. The van der Waals surface area contributed by atoms with E-state index in [9.17, 15) is 5.11 Å². The molecule has 1 unspecified atom stereocenters. The predicted molar refractivity (Wildman–Crippen MR) is 69.6 cm³/mol. The second kappa shape index (κ2) is 4.92. The summed E-state index contributed by atoms with van der Waals surface area (Å²) in [4.78, 5) is 0. The smallest absolute Gasteiger partial charge is 0.193 e. The fourth-order valence-electron chi connectivity index (χ4n) is 1.35. The van der Waals surface area contributed by atoms with E-state index in [0.29, 0.717) is 5.76 Å². The Morgan fingerprint density at radius 1 is 1.19 bits per heavy atom. The highest BCUT2D eigenvalue weighted by Gasteiger charge is 2.17. The Bertz CT molecular complexity index is 510. The lowest BCUT2D eigenvalue weighted by atomic mass is 10.1. The molecule has 0 bridgehead atoms. The van der Waals surface area contributed by atoms with Gasteiger partial charge in [0.15, 0.2) is 5.22 Å². The van der Waals surface area contributed by atoms with Crippen LogP contribution in [0.2, 0.25) is 5.22 Å². The van der Waals surface area contributed by atoms with Crippen molar-refractivity contribution in [3.05, 3.63) is 55.8 Å². The van der Waals surface area contributed by atoms with Gasteiger partial charge in [-0.25, -0.2) is 0 Å². The third-order valence-corrected chi connectivity index (χ3v) is 3.53. The van der Waals surface area contributed by atoms with E-state index in [1.54, 1.807) is 12.1 Å². The number of rotatable bonds is 2. The molecule has 1 heterocycles. The maximum Gasteiger partial charge on any atom is 0.193 e. The van der Waals surface area contributed by atoms with E-state index in [1.165, 1.54) is 0 Å². The van der Waals surface area contributed by atoms with Crippen molar-refractivity contribution in [2.75, 3.05) is 0 Å². The summed E-state index contributed by atoms with van der Waals surface area (Å²) in [6.07, 6.45) is -0.834. The van der Waals surface area contributed by atoms with Crippen LogP contribution < -0.4 is 0 Å². The van der Waals surface area contributed by atoms with Crippen molar-refractivity contribution in [3.8, 4) is 0 Å². The second-order valence-electron chi connectivity index (χ2n) is 3.21. The summed E-state index contributed by atoms with van der Waals surface area (Å²) in [5.74, 6) is 0.420. The number of benzene rings is 1. The van der Waals surface area contributed by atoms with Gasteiger partial charge in [0.25, 0.3) is 0 Å². The number of aliphatic hydroxyl groups excluding tert-OH is 1. The van der Waals surface area contributed by atoms with Gasteiger partial charge >= 0.3 is 0 Å². The molecule has 2 nitrogen and oxygen atoms in total. The zero-order valence-electron chi connectivity index (χ0n) is 7.95. The van der Waals surface area contributed by atoms with E-state index in [2.05, 4.69) is 31.9 Å². The molecule has 1 N–H and O–H groups in total. The minimum atomic E-state index is -0.834. The standard InChI is InChI=1S/C11H7Br2ClO2/c12-6-1-2-8(13)7(5-6)11(15)9-3-4-10(14)16-9/h1-5,11,15H. The fraction of sp³-hybridized carbons (Fsp3) is 0.0909. The van der Waals surface area contributed by atoms with Crippen LogP contribution >= 0.6 is 43.5 Å². The minimum Gasteiger partial charge on any atom is -0.447 e. The van der Waals surface area contributed by atoms with Crippen molar-refractivity contribution in [2.24, 2.45) is 0 Å². The number of hydrogen-bond donors (Lipinski definition) is 1.